The predicted molar refractivity (Wildman–Crippen MR) is 50.4 cm³/mol. The molecule has 4 nitrogen and oxygen atoms in total. The van der Waals surface area contributed by atoms with Crippen LogP contribution in [0.25, 0.3) is 10.9 Å². The van der Waals surface area contributed by atoms with Crippen LogP contribution in [0.15, 0.2) is 22.7 Å². The number of nitrogens with zero attached hydrogens (tertiary/aromatic N) is 1. The zero-order valence-corrected chi connectivity index (χ0v) is 8.04. The van der Waals surface area contributed by atoms with E-state index in [4.69, 9.17) is 16.1 Å². The van der Waals surface area contributed by atoms with Crippen LogP contribution in [0.5, 0.6) is 0 Å². The van der Waals surface area contributed by atoms with E-state index in [1.165, 1.54) is 7.11 Å². The van der Waals surface area contributed by atoms with Crippen molar-refractivity contribution < 1.29 is 14.1 Å². The number of hydrogen-bond acceptors (Lipinski definition) is 4. The van der Waals surface area contributed by atoms with Gasteiger partial charge in [0.15, 0.2) is 0 Å². The van der Waals surface area contributed by atoms with Gasteiger partial charge < -0.3 is 9.26 Å². The molecule has 0 aliphatic carbocycles. The van der Waals surface area contributed by atoms with Gasteiger partial charge in [-0.3, -0.25) is 0 Å². The SMILES string of the molecule is COC(=O)c1onc2ccc(Cl)cc12. The first kappa shape index (κ1) is 9.02. The first-order valence-corrected chi connectivity index (χ1v) is 4.23. The molecule has 0 saturated carbocycles. The van der Waals surface area contributed by atoms with E-state index in [1.54, 1.807) is 18.2 Å². The predicted octanol–water partition coefficient (Wildman–Crippen LogP) is 2.27. The maximum Gasteiger partial charge on any atom is 0.377 e. The summed E-state index contributed by atoms with van der Waals surface area (Å²) in [5.41, 5.74) is 0.579. The van der Waals surface area contributed by atoms with Crippen LogP contribution >= 0.6 is 11.6 Å². The van der Waals surface area contributed by atoms with Gasteiger partial charge in [-0.05, 0) is 18.2 Å². The van der Waals surface area contributed by atoms with Crippen molar-refractivity contribution in [2.24, 2.45) is 0 Å². The Morgan fingerprint density at radius 3 is 3.07 bits per heavy atom. The van der Waals surface area contributed by atoms with Crippen molar-refractivity contribution in [3.63, 3.8) is 0 Å². The lowest BCUT2D eigenvalue weighted by atomic mass is 10.2. The van der Waals surface area contributed by atoms with Crippen LogP contribution in [-0.4, -0.2) is 18.2 Å². The van der Waals surface area contributed by atoms with Crippen molar-refractivity contribution in [2.45, 2.75) is 0 Å². The van der Waals surface area contributed by atoms with Crippen LogP contribution in [0.4, 0.5) is 0 Å². The fraction of sp³-hybridized carbons (Fsp3) is 0.111. The topological polar surface area (TPSA) is 52.3 Å². The Kier molecular flexibility index (Phi) is 2.13. The summed E-state index contributed by atoms with van der Waals surface area (Å²) in [6, 6.07) is 4.96. The lowest BCUT2D eigenvalue weighted by Gasteiger charge is -1.93. The highest BCUT2D eigenvalue weighted by Gasteiger charge is 2.16. The lowest BCUT2D eigenvalue weighted by Crippen LogP contribution is -1.99. The van der Waals surface area contributed by atoms with Gasteiger partial charge in [-0.15, -0.1) is 0 Å². The average Bonchev–Trinajstić information content (AvgIpc) is 2.59. The molecule has 72 valence electrons. The second-order valence-electron chi connectivity index (χ2n) is 2.66. The summed E-state index contributed by atoms with van der Waals surface area (Å²) in [6.45, 7) is 0. The molecule has 2 aromatic rings. The van der Waals surface area contributed by atoms with Crippen molar-refractivity contribution in [3.8, 4) is 0 Å². The van der Waals surface area contributed by atoms with Gasteiger partial charge in [-0.2, -0.15) is 0 Å². The second kappa shape index (κ2) is 3.31. The Balaban J connectivity index is 2.67. The largest absolute Gasteiger partial charge is 0.463 e. The van der Waals surface area contributed by atoms with Gasteiger partial charge in [0.25, 0.3) is 5.76 Å². The third-order valence-corrected chi connectivity index (χ3v) is 2.04. The maximum atomic E-state index is 11.2. The Bertz CT molecular complexity index is 492. The molecule has 0 amide bonds. The zero-order valence-electron chi connectivity index (χ0n) is 7.28. The summed E-state index contributed by atoms with van der Waals surface area (Å²) in [7, 11) is 1.28. The summed E-state index contributed by atoms with van der Waals surface area (Å²) in [5.74, 6) is -0.486. The first-order valence-electron chi connectivity index (χ1n) is 3.85. The second-order valence-corrected chi connectivity index (χ2v) is 3.10. The molecule has 0 bridgehead atoms. The molecular formula is C9H6ClNO3. The van der Waals surface area contributed by atoms with E-state index >= 15 is 0 Å². The molecule has 0 N–H and O–H groups in total. The molecule has 5 heteroatoms. The lowest BCUT2D eigenvalue weighted by molar-refractivity contribution is 0.0558. The van der Waals surface area contributed by atoms with Gasteiger partial charge >= 0.3 is 5.97 Å². The Hall–Kier alpha value is -1.55. The third kappa shape index (κ3) is 1.33. The molecule has 2 rings (SSSR count). The fourth-order valence-corrected chi connectivity index (χ4v) is 1.33. The molecule has 1 heterocycles. The molecule has 0 aliphatic heterocycles. The number of rotatable bonds is 1. The minimum absolute atomic E-state index is 0.0741. The van der Waals surface area contributed by atoms with Crippen molar-refractivity contribution in [3.05, 3.63) is 29.0 Å². The number of methoxy groups -OCH3 is 1. The van der Waals surface area contributed by atoms with Crippen molar-refractivity contribution >= 4 is 28.5 Å². The standard InChI is InChI=1S/C9H6ClNO3/c1-13-9(12)8-6-4-5(10)2-3-7(6)11-14-8/h2-4H,1H3. The molecule has 0 spiro atoms. The first-order chi connectivity index (χ1) is 6.72. The van der Waals surface area contributed by atoms with E-state index in [1.807, 2.05) is 0 Å². The number of hydrogen-bond donors (Lipinski definition) is 0. The van der Waals surface area contributed by atoms with Crippen LogP contribution in [0.2, 0.25) is 5.02 Å². The molecule has 0 fully saturated rings. The highest BCUT2D eigenvalue weighted by Crippen LogP contribution is 2.22. The highest BCUT2D eigenvalue weighted by molar-refractivity contribution is 6.31. The molecule has 0 aliphatic rings. The number of fused-ring (bicyclic) bond motifs is 1. The molecule has 14 heavy (non-hydrogen) atoms. The minimum atomic E-state index is -0.560. The molecule has 0 atom stereocenters. The number of halogens is 1. The summed E-state index contributed by atoms with van der Waals surface area (Å²) in [4.78, 5) is 11.2. The summed E-state index contributed by atoms with van der Waals surface area (Å²) < 4.78 is 9.37. The van der Waals surface area contributed by atoms with E-state index in [0.717, 1.165) is 0 Å². The third-order valence-electron chi connectivity index (χ3n) is 1.81. The summed E-state index contributed by atoms with van der Waals surface area (Å²) in [5, 5.41) is 4.77. The van der Waals surface area contributed by atoms with Crippen LogP contribution in [0, 0.1) is 0 Å². The van der Waals surface area contributed by atoms with E-state index < -0.39 is 5.97 Å². The quantitative estimate of drug-likeness (QED) is 0.679. The van der Waals surface area contributed by atoms with Gasteiger partial charge in [-0.1, -0.05) is 16.8 Å². The average molecular weight is 212 g/mol. The van der Waals surface area contributed by atoms with Crippen molar-refractivity contribution in [1.82, 2.24) is 5.16 Å². The van der Waals surface area contributed by atoms with Crippen LogP contribution in [-0.2, 0) is 4.74 Å². The smallest absolute Gasteiger partial charge is 0.377 e. The van der Waals surface area contributed by atoms with Gasteiger partial charge in [0.1, 0.15) is 5.52 Å². The minimum Gasteiger partial charge on any atom is -0.463 e. The molecule has 1 aromatic carbocycles. The van der Waals surface area contributed by atoms with E-state index in [-0.39, 0.29) is 5.76 Å². The number of carbonyl (C=O) groups is 1. The molecular weight excluding hydrogens is 206 g/mol. The monoisotopic (exact) mass is 211 g/mol. The Morgan fingerprint density at radius 2 is 2.36 bits per heavy atom. The molecule has 1 aromatic heterocycles. The zero-order chi connectivity index (χ0) is 10.1. The Labute approximate surface area is 84.4 Å². The number of esters is 1. The van der Waals surface area contributed by atoms with Gasteiger partial charge in [-0.25, -0.2) is 4.79 Å². The molecule has 0 unspecified atom stereocenters. The number of carbonyl (C=O) groups excluding carboxylic acids is 1. The summed E-state index contributed by atoms with van der Waals surface area (Å²) in [6.07, 6.45) is 0. The Morgan fingerprint density at radius 1 is 1.57 bits per heavy atom. The number of ether oxygens (including phenoxy) is 1. The normalized spacial score (nSPS) is 10.4. The van der Waals surface area contributed by atoms with Gasteiger partial charge in [0.2, 0.25) is 0 Å². The highest BCUT2D eigenvalue weighted by atomic mass is 35.5. The van der Waals surface area contributed by atoms with Crippen molar-refractivity contribution in [2.75, 3.05) is 7.11 Å². The number of aromatic nitrogens is 1. The van der Waals surface area contributed by atoms with E-state index in [9.17, 15) is 4.79 Å². The van der Waals surface area contributed by atoms with Crippen LogP contribution < -0.4 is 0 Å². The maximum absolute atomic E-state index is 11.2. The number of benzene rings is 1. The summed E-state index contributed by atoms with van der Waals surface area (Å²) >= 11 is 5.77. The van der Waals surface area contributed by atoms with E-state index in [2.05, 4.69) is 9.89 Å². The molecule has 0 radical (unpaired) electrons. The fourth-order valence-electron chi connectivity index (χ4n) is 1.15. The van der Waals surface area contributed by atoms with Crippen molar-refractivity contribution in [1.29, 1.82) is 0 Å². The van der Waals surface area contributed by atoms with E-state index in [0.29, 0.717) is 15.9 Å². The van der Waals surface area contributed by atoms with Gasteiger partial charge in [0, 0.05) is 5.02 Å². The van der Waals surface area contributed by atoms with Gasteiger partial charge in [0.05, 0.1) is 12.5 Å². The van der Waals surface area contributed by atoms with Crippen LogP contribution in [0.1, 0.15) is 10.6 Å². The van der Waals surface area contributed by atoms with Crippen LogP contribution in [0.3, 0.4) is 0 Å². The molecule has 0 saturated heterocycles.